The van der Waals surface area contributed by atoms with E-state index in [9.17, 15) is 24.2 Å². The summed E-state index contributed by atoms with van der Waals surface area (Å²) < 4.78 is 14.2. The lowest BCUT2D eigenvalue weighted by atomic mass is 9.46. The Labute approximate surface area is 159 Å². The number of hydrogen-bond donors (Lipinski definition) is 2. The molecule has 4 aliphatic rings. The maximum absolute atomic E-state index is 14.2. The molecule has 3 fully saturated rings. The molecule has 0 aromatic heterocycles. The van der Waals surface area contributed by atoms with Crippen LogP contribution in [-0.4, -0.2) is 34.5 Å². The van der Waals surface area contributed by atoms with E-state index in [0.29, 0.717) is 6.42 Å². The summed E-state index contributed by atoms with van der Waals surface area (Å²) in [6.07, 6.45) is 5.14. The number of ketones is 2. The first kappa shape index (κ1) is 19.0. The van der Waals surface area contributed by atoms with E-state index in [1.165, 1.54) is 12.2 Å². The van der Waals surface area contributed by atoms with Crippen LogP contribution in [0.3, 0.4) is 0 Å². The Morgan fingerprint density at radius 1 is 1.37 bits per heavy atom. The molecule has 0 aromatic rings. The second-order valence-corrected chi connectivity index (χ2v) is 9.74. The average molecular weight is 376 g/mol. The Morgan fingerprint density at radius 3 is 2.74 bits per heavy atom. The lowest BCUT2D eigenvalue weighted by Gasteiger charge is -2.58. The van der Waals surface area contributed by atoms with Crippen molar-refractivity contribution in [3.63, 3.8) is 0 Å². The Balaban J connectivity index is 1.75. The number of Topliss-reactive ketones (excluding diaryl/α,β-unsaturated/α-hetero) is 1. The number of carbonyl (C=O) groups is 2. The second-order valence-electron chi connectivity index (χ2n) is 9.74. The monoisotopic (exact) mass is 376 g/mol. The third-order valence-corrected chi connectivity index (χ3v) is 8.40. The molecule has 4 aliphatic carbocycles. The highest BCUT2D eigenvalue weighted by atomic mass is 19.1. The van der Waals surface area contributed by atoms with Crippen LogP contribution >= 0.6 is 0 Å². The van der Waals surface area contributed by atoms with Crippen molar-refractivity contribution >= 4 is 11.6 Å². The Kier molecular flexibility index (Phi) is 4.28. The molecule has 3 saturated carbocycles. The quantitative estimate of drug-likeness (QED) is 0.777. The molecule has 27 heavy (non-hydrogen) atoms. The van der Waals surface area contributed by atoms with Gasteiger partial charge in [0.15, 0.2) is 11.6 Å². The summed E-state index contributed by atoms with van der Waals surface area (Å²) in [6.45, 7) is 5.65. The zero-order chi connectivity index (χ0) is 19.7. The highest BCUT2D eigenvalue weighted by molar-refractivity contribution is 6.04. The van der Waals surface area contributed by atoms with Gasteiger partial charge < -0.3 is 10.2 Å². The van der Waals surface area contributed by atoms with E-state index in [1.807, 2.05) is 6.92 Å². The van der Waals surface area contributed by atoms with Crippen molar-refractivity contribution in [3.8, 4) is 0 Å². The summed E-state index contributed by atoms with van der Waals surface area (Å²) >= 11 is 0. The van der Waals surface area contributed by atoms with Gasteiger partial charge >= 0.3 is 0 Å². The van der Waals surface area contributed by atoms with Crippen LogP contribution in [0.5, 0.6) is 0 Å². The molecular formula is C22H29FO4. The Hall–Kier alpha value is -1.33. The van der Waals surface area contributed by atoms with Crippen LogP contribution in [0.25, 0.3) is 0 Å². The van der Waals surface area contributed by atoms with Gasteiger partial charge in [-0.2, -0.15) is 0 Å². The van der Waals surface area contributed by atoms with E-state index < -0.39 is 29.7 Å². The molecule has 4 rings (SSSR count). The number of halogens is 1. The van der Waals surface area contributed by atoms with Gasteiger partial charge in [0.25, 0.3) is 0 Å². The lowest BCUT2D eigenvalue weighted by molar-refractivity contribution is -0.142. The number of aliphatic hydroxyl groups is 2. The van der Waals surface area contributed by atoms with Crippen molar-refractivity contribution in [2.24, 2.45) is 40.4 Å². The van der Waals surface area contributed by atoms with Crippen molar-refractivity contribution < 1.29 is 24.2 Å². The second kappa shape index (κ2) is 6.08. The number of aliphatic hydroxyl groups excluding tert-OH is 2. The first-order valence-electron chi connectivity index (χ1n) is 10.1. The van der Waals surface area contributed by atoms with Gasteiger partial charge in [-0.1, -0.05) is 26.3 Å². The summed E-state index contributed by atoms with van der Waals surface area (Å²) in [4.78, 5) is 24.3. The molecule has 0 aromatic carbocycles. The van der Waals surface area contributed by atoms with Crippen molar-refractivity contribution in [1.29, 1.82) is 0 Å². The molecule has 1 unspecified atom stereocenters. The first-order chi connectivity index (χ1) is 12.6. The zero-order valence-electron chi connectivity index (χ0n) is 16.2. The molecule has 0 bridgehead atoms. The maximum atomic E-state index is 14.2. The van der Waals surface area contributed by atoms with Crippen LogP contribution in [0.4, 0.5) is 4.39 Å². The third kappa shape index (κ3) is 2.47. The number of fused-ring (bicyclic) bond motifs is 5. The van der Waals surface area contributed by atoms with Crippen LogP contribution in [0.15, 0.2) is 23.6 Å². The highest BCUT2D eigenvalue weighted by Gasteiger charge is 2.64. The van der Waals surface area contributed by atoms with Gasteiger partial charge in [0, 0.05) is 17.3 Å². The summed E-state index contributed by atoms with van der Waals surface area (Å²) in [5.41, 5.74) is -0.0690. The predicted octanol–water partition coefficient (Wildman–Crippen LogP) is 2.99. The fraction of sp³-hybridized carbons (Fsp3) is 0.727. The van der Waals surface area contributed by atoms with Crippen LogP contribution in [0.2, 0.25) is 0 Å². The van der Waals surface area contributed by atoms with Crippen LogP contribution in [0.1, 0.15) is 46.5 Å². The van der Waals surface area contributed by atoms with Crippen molar-refractivity contribution in [3.05, 3.63) is 23.6 Å². The van der Waals surface area contributed by atoms with Gasteiger partial charge in [-0.15, -0.1) is 0 Å². The molecule has 8 atom stereocenters. The molecule has 0 aliphatic heterocycles. The Morgan fingerprint density at radius 2 is 2.07 bits per heavy atom. The van der Waals surface area contributed by atoms with Gasteiger partial charge in [-0.05, 0) is 61.0 Å². The zero-order valence-corrected chi connectivity index (χ0v) is 16.2. The summed E-state index contributed by atoms with van der Waals surface area (Å²) in [5, 5.41) is 20.7. The van der Waals surface area contributed by atoms with Crippen molar-refractivity contribution in [1.82, 2.24) is 0 Å². The maximum Gasteiger partial charge on any atom is 0.213 e. The molecule has 0 heterocycles. The minimum absolute atomic E-state index is 0.130. The van der Waals surface area contributed by atoms with Gasteiger partial charge in [0.2, 0.25) is 5.78 Å². The molecule has 5 heteroatoms. The fourth-order valence-corrected chi connectivity index (χ4v) is 7.53. The van der Waals surface area contributed by atoms with E-state index in [0.717, 1.165) is 24.8 Å². The van der Waals surface area contributed by atoms with E-state index in [-0.39, 0.29) is 40.8 Å². The molecule has 148 valence electrons. The summed E-state index contributed by atoms with van der Waals surface area (Å²) in [7, 11) is 0. The minimum atomic E-state index is -0.726. The number of carbonyl (C=O) groups excluding carboxylic acids is 2. The SMILES string of the molecule is C[C@@H]1C[C@H]2[C@@H]3CCC4=CC(=O)C(F)=C[C@]4(C)[C@H]3C(O)C[C@]2(C)[C@H]1C(=O)CO. The van der Waals surface area contributed by atoms with E-state index in [2.05, 4.69) is 13.8 Å². The predicted molar refractivity (Wildman–Crippen MR) is 98.2 cm³/mol. The number of hydrogen-bond acceptors (Lipinski definition) is 4. The van der Waals surface area contributed by atoms with Gasteiger partial charge in [-0.3, -0.25) is 9.59 Å². The standard InChI is InChI=1S/C22H29FO4/c1-11-6-14-13-5-4-12-7-16(25)15(23)8-21(12,2)20(13)17(26)9-22(14,3)19(11)18(27)10-24/h7-8,11,13-14,17,19-20,24,26H,4-6,9-10H2,1-3H3/t11-,13+,14+,17?,19-,20-,21+,22+/m1/s1. The van der Waals surface area contributed by atoms with Gasteiger partial charge in [0.1, 0.15) is 6.61 Å². The van der Waals surface area contributed by atoms with Crippen molar-refractivity contribution in [2.45, 2.75) is 52.6 Å². The molecule has 4 nitrogen and oxygen atoms in total. The largest absolute Gasteiger partial charge is 0.393 e. The topological polar surface area (TPSA) is 74.6 Å². The Bertz CT molecular complexity index is 755. The van der Waals surface area contributed by atoms with Crippen LogP contribution in [-0.2, 0) is 9.59 Å². The number of rotatable bonds is 2. The molecule has 2 N–H and O–H groups in total. The molecule has 0 amide bonds. The van der Waals surface area contributed by atoms with Gasteiger partial charge in [-0.25, -0.2) is 4.39 Å². The molecule has 0 saturated heterocycles. The molecular weight excluding hydrogens is 347 g/mol. The summed E-state index contributed by atoms with van der Waals surface area (Å²) in [5.74, 6) is -1.22. The third-order valence-electron chi connectivity index (χ3n) is 8.40. The van der Waals surface area contributed by atoms with Crippen LogP contribution < -0.4 is 0 Å². The highest BCUT2D eigenvalue weighted by Crippen LogP contribution is 2.67. The lowest BCUT2D eigenvalue weighted by Crippen LogP contribution is -2.56. The van der Waals surface area contributed by atoms with Gasteiger partial charge in [0.05, 0.1) is 6.10 Å². The summed E-state index contributed by atoms with van der Waals surface area (Å²) in [6, 6.07) is 0. The fourth-order valence-electron chi connectivity index (χ4n) is 7.53. The van der Waals surface area contributed by atoms with Crippen molar-refractivity contribution in [2.75, 3.05) is 6.61 Å². The normalized spacial score (nSPS) is 48.9. The van der Waals surface area contributed by atoms with E-state index in [1.54, 1.807) is 0 Å². The van der Waals surface area contributed by atoms with Crippen LogP contribution in [0, 0.1) is 40.4 Å². The van der Waals surface area contributed by atoms with E-state index >= 15 is 0 Å². The number of allylic oxidation sites excluding steroid dienone is 4. The molecule has 0 spiro atoms. The van der Waals surface area contributed by atoms with E-state index in [4.69, 9.17) is 0 Å². The average Bonchev–Trinajstić information content (AvgIpc) is 2.85. The smallest absolute Gasteiger partial charge is 0.213 e. The first-order valence-corrected chi connectivity index (χ1v) is 10.1. The minimum Gasteiger partial charge on any atom is -0.393 e. The molecule has 0 radical (unpaired) electrons.